The summed E-state index contributed by atoms with van der Waals surface area (Å²) in [7, 11) is 0. The van der Waals surface area contributed by atoms with Gasteiger partial charge in [0.05, 0.1) is 12.9 Å². The Hall–Kier alpha value is -3.01. The van der Waals surface area contributed by atoms with Crippen molar-refractivity contribution in [3.8, 4) is 17.1 Å². The van der Waals surface area contributed by atoms with E-state index in [0.29, 0.717) is 30.8 Å². The normalized spacial score (nSPS) is 18.8. The van der Waals surface area contributed by atoms with Crippen molar-refractivity contribution in [3.63, 3.8) is 0 Å². The molecule has 0 saturated heterocycles. The molecule has 3 atom stereocenters. The molecule has 1 aliphatic rings. The Bertz CT molecular complexity index is 1040. The molecule has 1 heterocycles. The van der Waals surface area contributed by atoms with Crippen molar-refractivity contribution < 1.29 is 19.1 Å². The van der Waals surface area contributed by atoms with Crippen LogP contribution in [0.5, 0.6) is 5.75 Å². The highest BCUT2D eigenvalue weighted by atomic mass is 16.5. The minimum atomic E-state index is -0.721. The molecule has 2 aromatic carbocycles. The van der Waals surface area contributed by atoms with E-state index in [4.69, 9.17) is 14.3 Å². The molecule has 3 aromatic rings. The van der Waals surface area contributed by atoms with E-state index in [-0.39, 0.29) is 6.42 Å². The van der Waals surface area contributed by atoms with E-state index in [1.54, 1.807) is 6.26 Å². The second kappa shape index (κ2) is 12.6. The zero-order valence-corrected chi connectivity index (χ0v) is 20.8. The fourth-order valence-corrected chi connectivity index (χ4v) is 5.47. The predicted molar refractivity (Wildman–Crippen MR) is 140 cm³/mol. The molecule has 4 nitrogen and oxygen atoms in total. The van der Waals surface area contributed by atoms with Crippen LogP contribution < -0.4 is 4.74 Å². The number of carbonyl (C=O) groups is 1. The molecule has 1 fully saturated rings. The number of rotatable bonds is 12. The fraction of sp³-hybridized carbons (Fsp3) is 0.452. The summed E-state index contributed by atoms with van der Waals surface area (Å²) in [5.74, 6) is 3.12. The number of furan rings is 1. The third-order valence-corrected chi connectivity index (χ3v) is 7.51. The van der Waals surface area contributed by atoms with E-state index in [1.165, 1.54) is 36.8 Å². The maximum absolute atomic E-state index is 10.7. The van der Waals surface area contributed by atoms with Gasteiger partial charge in [0.25, 0.3) is 0 Å². The zero-order valence-electron chi connectivity index (χ0n) is 20.8. The Labute approximate surface area is 209 Å². The van der Waals surface area contributed by atoms with Gasteiger partial charge >= 0.3 is 5.97 Å². The second-order valence-electron chi connectivity index (χ2n) is 10.1. The zero-order chi connectivity index (χ0) is 24.5. The molecular formula is C31H38O4. The van der Waals surface area contributed by atoms with Gasteiger partial charge in [-0.3, -0.25) is 4.79 Å². The van der Waals surface area contributed by atoms with E-state index < -0.39 is 5.97 Å². The van der Waals surface area contributed by atoms with Gasteiger partial charge < -0.3 is 14.3 Å². The molecule has 0 bridgehead atoms. The van der Waals surface area contributed by atoms with Crippen LogP contribution in [-0.2, 0) is 11.2 Å². The highest BCUT2D eigenvalue weighted by molar-refractivity contribution is 5.66. The molecule has 0 spiro atoms. The van der Waals surface area contributed by atoms with E-state index >= 15 is 0 Å². The third kappa shape index (κ3) is 7.24. The van der Waals surface area contributed by atoms with Crippen molar-refractivity contribution in [2.75, 3.05) is 6.61 Å². The number of hydrogen-bond donors (Lipinski definition) is 1. The van der Waals surface area contributed by atoms with Crippen molar-refractivity contribution in [1.82, 2.24) is 0 Å². The van der Waals surface area contributed by atoms with Gasteiger partial charge in [-0.05, 0) is 85.6 Å². The van der Waals surface area contributed by atoms with E-state index in [2.05, 4.69) is 49.4 Å². The Balaban J connectivity index is 1.30. The molecule has 0 radical (unpaired) electrons. The van der Waals surface area contributed by atoms with Crippen molar-refractivity contribution >= 4 is 5.97 Å². The van der Waals surface area contributed by atoms with Gasteiger partial charge in [-0.25, -0.2) is 0 Å². The number of unbranched alkanes of at least 4 members (excludes halogenated alkanes) is 2. The molecule has 0 aliphatic heterocycles. The van der Waals surface area contributed by atoms with Crippen LogP contribution in [0.15, 0.2) is 71.3 Å². The molecule has 35 heavy (non-hydrogen) atoms. The number of aliphatic carboxylic acids is 1. The van der Waals surface area contributed by atoms with E-state index in [1.807, 2.05) is 18.2 Å². The lowest BCUT2D eigenvalue weighted by atomic mass is 9.72. The quantitative estimate of drug-likeness (QED) is 0.269. The smallest absolute Gasteiger partial charge is 0.303 e. The second-order valence-corrected chi connectivity index (χ2v) is 10.1. The molecule has 4 rings (SSSR count). The Morgan fingerprint density at radius 1 is 1.03 bits per heavy atom. The van der Waals surface area contributed by atoms with Gasteiger partial charge in [0.2, 0.25) is 0 Å². The molecule has 1 aromatic heterocycles. The lowest BCUT2D eigenvalue weighted by molar-refractivity contribution is -0.137. The number of carboxylic acids is 1. The molecule has 3 unspecified atom stereocenters. The summed E-state index contributed by atoms with van der Waals surface area (Å²) in [6.07, 6.45) is 10.6. The van der Waals surface area contributed by atoms with Crippen LogP contribution in [0.25, 0.3) is 11.3 Å². The number of ether oxygens (including phenoxy) is 1. The van der Waals surface area contributed by atoms with Gasteiger partial charge in [0, 0.05) is 12.0 Å². The number of para-hydroxylation sites is 1. The maximum atomic E-state index is 10.7. The van der Waals surface area contributed by atoms with Crippen molar-refractivity contribution in [3.05, 3.63) is 78.1 Å². The first-order valence-corrected chi connectivity index (χ1v) is 13.2. The Morgan fingerprint density at radius 3 is 2.63 bits per heavy atom. The Morgan fingerprint density at radius 2 is 1.86 bits per heavy atom. The highest BCUT2D eigenvalue weighted by Gasteiger charge is 2.27. The standard InChI is InChI=1S/C31H38O4/c1-23(21-28-9-4-5-12-30(28)34-19-6-2-3-14-31(32)33)26-10-7-11-27(22-26)24-15-17-25(18-16-24)29-13-8-20-35-29/h4-5,8-9,12-13,15-18,20,23,26-27H,2-3,6-7,10-11,14,19,21-22H2,1H3,(H,32,33). The van der Waals surface area contributed by atoms with Crippen molar-refractivity contribution in [2.45, 2.75) is 70.6 Å². The van der Waals surface area contributed by atoms with Crippen LogP contribution >= 0.6 is 0 Å². The third-order valence-electron chi connectivity index (χ3n) is 7.51. The summed E-state index contributed by atoms with van der Waals surface area (Å²) < 4.78 is 11.6. The van der Waals surface area contributed by atoms with Gasteiger partial charge in [-0.2, -0.15) is 0 Å². The molecule has 1 aliphatic carbocycles. The lowest BCUT2D eigenvalue weighted by Crippen LogP contribution is -2.22. The minimum Gasteiger partial charge on any atom is -0.493 e. The van der Waals surface area contributed by atoms with E-state index in [0.717, 1.165) is 36.3 Å². The van der Waals surface area contributed by atoms with Gasteiger partial charge in [-0.1, -0.05) is 62.2 Å². The number of benzene rings is 2. The molecular weight excluding hydrogens is 436 g/mol. The maximum Gasteiger partial charge on any atom is 0.303 e. The summed E-state index contributed by atoms with van der Waals surface area (Å²) >= 11 is 0. The van der Waals surface area contributed by atoms with Crippen molar-refractivity contribution in [1.29, 1.82) is 0 Å². The number of carboxylic acid groups (broad SMARTS) is 1. The summed E-state index contributed by atoms with van der Waals surface area (Å²) in [6, 6.07) is 21.3. The van der Waals surface area contributed by atoms with Crippen LogP contribution in [0.1, 0.15) is 75.3 Å². The SMILES string of the molecule is CC(Cc1ccccc1OCCCCCC(=O)O)C1CCCC(c2ccc(-c3ccco3)cc2)C1. The monoisotopic (exact) mass is 474 g/mol. The first-order valence-electron chi connectivity index (χ1n) is 13.2. The minimum absolute atomic E-state index is 0.241. The summed E-state index contributed by atoms with van der Waals surface area (Å²) in [4.78, 5) is 10.7. The summed E-state index contributed by atoms with van der Waals surface area (Å²) in [6.45, 7) is 3.04. The predicted octanol–water partition coefficient (Wildman–Crippen LogP) is 8.12. The topological polar surface area (TPSA) is 59.7 Å². The van der Waals surface area contributed by atoms with Gasteiger partial charge in [-0.15, -0.1) is 0 Å². The summed E-state index contributed by atoms with van der Waals surface area (Å²) in [5.41, 5.74) is 3.87. The van der Waals surface area contributed by atoms with Crippen LogP contribution in [0, 0.1) is 11.8 Å². The van der Waals surface area contributed by atoms with Crippen LogP contribution in [-0.4, -0.2) is 17.7 Å². The van der Waals surface area contributed by atoms with Crippen molar-refractivity contribution in [2.24, 2.45) is 11.8 Å². The highest BCUT2D eigenvalue weighted by Crippen LogP contribution is 2.41. The Kier molecular flexibility index (Phi) is 9.05. The van der Waals surface area contributed by atoms with Crippen LogP contribution in [0.2, 0.25) is 0 Å². The van der Waals surface area contributed by atoms with Gasteiger partial charge in [0.15, 0.2) is 0 Å². The van der Waals surface area contributed by atoms with E-state index in [9.17, 15) is 4.79 Å². The van der Waals surface area contributed by atoms with Crippen LogP contribution in [0.4, 0.5) is 0 Å². The lowest BCUT2D eigenvalue weighted by Gasteiger charge is -2.33. The molecule has 1 N–H and O–H groups in total. The molecule has 1 saturated carbocycles. The molecule has 186 valence electrons. The number of hydrogen-bond acceptors (Lipinski definition) is 3. The van der Waals surface area contributed by atoms with Gasteiger partial charge in [0.1, 0.15) is 11.5 Å². The van der Waals surface area contributed by atoms with Crippen LogP contribution in [0.3, 0.4) is 0 Å². The molecule has 0 amide bonds. The first-order chi connectivity index (χ1) is 17.1. The average molecular weight is 475 g/mol. The first kappa shape index (κ1) is 25.1. The summed E-state index contributed by atoms with van der Waals surface area (Å²) in [5, 5.41) is 8.77. The largest absolute Gasteiger partial charge is 0.493 e. The molecule has 4 heteroatoms. The fourth-order valence-electron chi connectivity index (χ4n) is 5.47. The average Bonchev–Trinajstić information content (AvgIpc) is 3.42.